The number of hydrogen-bond acceptors (Lipinski definition) is 9. The first-order valence-corrected chi connectivity index (χ1v) is 17.7. The zero-order valence-corrected chi connectivity index (χ0v) is 27.4. The molecule has 0 spiro atoms. The summed E-state index contributed by atoms with van der Waals surface area (Å²) < 4.78 is 11.0. The highest BCUT2D eigenvalue weighted by Crippen LogP contribution is 2.33. The Morgan fingerprint density at radius 3 is 2.26 bits per heavy atom. The van der Waals surface area contributed by atoms with E-state index in [2.05, 4.69) is 15.5 Å². The number of amides is 4. The van der Waals surface area contributed by atoms with Crippen molar-refractivity contribution in [2.75, 3.05) is 72.2 Å². The maximum atomic E-state index is 13.8. The van der Waals surface area contributed by atoms with Crippen LogP contribution in [0.3, 0.4) is 0 Å². The summed E-state index contributed by atoms with van der Waals surface area (Å²) in [5.41, 5.74) is 0. The number of ether oxygens (including phenoxy) is 2. The molecule has 13 nitrogen and oxygen atoms in total. The number of rotatable bonds is 4. The Morgan fingerprint density at radius 1 is 0.848 bits per heavy atom. The second-order valence-electron chi connectivity index (χ2n) is 14.4. The number of aliphatic hydroxyl groups excluding tert-OH is 1. The van der Waals surface area contributed by atoms with Crippen LogP contribution in [0.15, 0.2) is 0 Å². The summed E-state index contributed by atoms with van der Waals surface area (Å²) in [7, 11) is 0. The average Bonchev–Trinajstić information content (AvgIpc) is 3.49. The zero-order valence-electron chi connectivity index (χ0n) is 27.4. The van der Waals surface area contributed by atoms with E-state index in [9.17, 15) is 24.3 Å². The van der Waals surface area contributed by atoms with Gasteiger partial charge in [-0.3, -0.25) is 24.1 Å². The average molecular weight is 647 g/mol. The summed E-state index contributed by atoms with van der Waals surface area (Å²) in [6, 6.07) is -0.183. The first kappa shape index (κ1) is 33.6. The van der Waals surface area contributed by atoms with Gasteiger partial charge in [0.1, 0.15) is 0 Å². The Kier molecular flexibility index (Phi) is 11.1. The molecule has 7 aliphatic heterocycles. The van der Waals surface area contributed by atoms with E-state index < -0.39 is 12.1 Å². The standard InChI is InChI=1S/C33H54N6O7/c1-22-29(40)19-32(43)38-7-2-23(16-30(41)37-10-14-46-15-11-37)24(20-38)17-31(42)36-8-3-27(4-9-36)39-21-26(18-28(39)33(44)34-22)35-25-5-12-45-13-6-25/h22-29,35,40H,2-21H2,1H3,(H,34,44)/t22-,23-,24-,26-,28-,29-/m0/s1. The normalized spacial score (nSPS) is 36.0. The summed E-state index contributed by atoms with van der Waals surface area (Å²) in [4.78, 5) is 62.0. The molecule has 3 N–H and O–H groups in total. The van der Waals surface area contributed by atoms with Gasteiger partial charge in [-0.05, 0) is 57.3 Å². The molecule has 7 rings (SSSR count). The van der Waals surface area contributed by atoms with Crippen LogP contribution in [0.1, 0.15) is 64.7 Å². The molecule has 258 valence electrons. The lowest BCUT2D eigenvalue weighted by Gasteiger charge is -2.41. The van der Waals surface area contributed by atoms with Crippen LogP contribution in [-0.4, -0.2) is 157 Å². The highest BCUT2D eigenvalue weighted by molar-refractivity contribution is 5.83. The smallest absolute Gasteiger partial charge is 0.237 e. The van der Waals surface area contributed by atoms with Gasteiger partial charge in [0.15, 0.2) is 0 Å². The van der Waals surface area contributed by atoms with E-state index >= 15 is 0 Å². The van der Waals surface area contributed by atoms with E-state index in [1.807, 2.05) is 9.80 Å². The monoisotopic (exact) mass is 646 g/mol. The van der Waals surface area contributed by atoms with Gasteiger partial charge in [0.2, 0.25) is 23.6 Å². The lowest BCUT2D eigenvalue weighted by molar-refractivity contribution is -0.142. The van der Waals surface area contributed by atoms with Gasteiger partial charge in [-0.1, -0.05) is 0 Å². The highest BCUT2D eigenvalue weighted by Gasteiger charge is 2.44. The van der Waals surface area contributed by atoms with Gasteiger partial charge in [0.05, 0.1) is 37.8 Å². The molecule has 6 atom stereocenters. The number of carbonyl (C=O) groups is 4. The Labute approximate surface area is 272 Å². The van der Waals surface area contributed by atoms with Crippen LogP contribution < -0.4 is 10.6 Å². The van der Waals surface area contributed by atoms with Crippen LogP contribution in [0.5, 0.6) is 0 Å². The van der Waals surface area contributed by atoms with Gasteiger partial charge >= 0.3 is 0 Å². The first-order chi connectivity index (χ1) is 22.2. The topological polar surface area (TPSA) is 144 Å². The van der Waals surface area contributed by atoms with Gasteiger partial charge < -0.3 is 39.9 Å². The molecular weight excluding hydrogens is 592 g/mol. The molecule has 46 heavy (non-hydrogen) atoms. The number of fused-ring (bicyclic) bond motifs is 8. The predicted molar refractivity (Wildman–Crippen MR) is 169 cm³/mol. The molecule has 0 aromatic carbocycles. The van der Waals surface area contributed by atoms with Crippen molar-refractivity contribution < 1.29 is 33.8 Å². The van der Waals surface area contributed by atoms with E-state index in [4.69, 9.17) is 9.47 Å². The van der Waals surface area contributed by atoms with E-state index in [-0.39, 0.29) is 60.0 Å². The Bertz CT molecular complexity index is 1090. The van der Waals surface area contributed by atoms with Gasteiger partial charge in [0.25, 0.3) is 0 Å². The van der Waals surface area contributed by atoms with Crippen LogP contribution in [0, 0.1) is 11.8 Å². The second-order valence-corrected chi connectivity index (χ2v) is 14.4. The molecule has 7 aliphatic rings. The molecule has 0 radical (unpaired) electrons. The van der Waals surface area contributed by atoms with Crippen LogP contribution in [-0.2, 0) is 28.7 Å². The van der Waals surface area contributed by atoms with Gasteiger partial charge in [-0.2, -0.15) is 0 Å². The molecule has 0 aromatic heterocycles. The lowest BCUT2D eigenvalue weighted by atomic mass is 9.80. The van der Waals surface area contributed by atoms with Crippen molar-refractivity contribution in [3.05, 3.63) is 0 Å². The van der Waals surface area contributed by atoms with E-state index in [1.54, 1.807) is 11.8 Å². The maximum Gasteiger partial charge on any atom is 0.237 e. The molecule has 0 saturated carbocycles. The minimum atomic E-state index is -1.03. The number of piperidine rings is 2. The van der Waals surface area contributed by atoms with Crippen molar-refractivity contribution in [3.8, 4) is 0 Å². The highest BCUT2D eigenvalue weighted by atomic mass is 16.5. The Balaban J connectivity index is 1.17. The number of hydrogen-bond donors (Lipinski definition) is 3. The SMILES string of the molecule is C[C@@H]1NC(=O)[C@@H]2C[C@H](NC3CCOCC3)CN2C2CCN(CC2)C(=O)C[C@H]2CN(CC[C@H]2CC(=O)N2CCOCC2)C(=O)C[C@@H]1O. The Hall–Kier alpha value is -2.32. The van der Waals surface area contributed by atoms with E-state index in [0.717, 1.165) is 45.4 Å². The molecule has 13 heteroatoms. The van der Waals surface area contributed by atoms with Crippen LogP contribution in [0.2, 0.25) is 0 Å². The second kappa shape index (κ2) is 15.3. The van der Waals surface area contributed by atoms with Crippen LogP contribution in [0.25, 0.3) is 0 Å². The lowest BCUT2D eigenvalue weighted by Crippen LogP contribution is -2.54. The Morgan fingerprint density at radius 2 is 1.52 bits per heavy atom. The molecule has 4 bridgehead atoms. The minimum absolute atomic E-state index is 0.0108. The van der Waals surface area contributed by atoms with Crippen molar-refractivity contribution in [1.82, 2.24) is 30.2 Å². The summed E-state index contributed by atoms with van der Waals surface area (Å²) in [5.74, 6) is -0.236. The molecule has 7 fully saturated rings. The summed E-state index contributed by atoms with van der Waals surface area (Å²) in [6.07, 6.45) is 4.39. The third kappa shape index (κ3) is 8.03. The number of morpholine rings is 1. The largest absolute Gasteiger partial charge is 0.390 e. The van der Waals surface area contributed by atoms with Crippen LogP contribution >= 0.6 is 0 Å². The van der Waals surface area contributed by atoms with Gasteiger partial charge in [-0.15, -0.1) is 0 Å². The number of carbonyl (C=O) groups excluding carboxylic acids is 4. The first-order valence-electron chi connectivity index (χ1n) is 17.7. The minimum Gasteiger partial charge on any atom is -0.390 e. The van der Waals surface area contributed by atoms with Gasteiger partial charge in [0, 0.05) is 90.0 Å². The molecule has 7 heterocycles. The molecule has 7 saturated heterocycles. The van der Waals surface area contributed by atoms with Crippen molar-refractivity contribution in [3.63, 3.8) is 0 Å². The molecule has 0 aromatic rings. The zero-order chi connectivity index (χ0) is 32.2. The summed E-state index contributed by atoms with van der Waals surface area (Å²) >= 11 is 0. The van der Waals surface area contributed by atoms with Crippen molar-refractivity contribution in [1.29, 1.82) is 0 Å². The molecule has 0 aliphatic carbocycles. The third-order valence-corrected chi connectivity index (χ3v) is 11.4. The maximum absolute atomic E-state index is 13.8. The van der Waals surface area contributed by atoms with Crippen molar-refractivity contribution in [2.24, 2.45) is 11.8 Å². The van der Waals surface area contributed by atoms with Crippen molar-refractivity contribution >= 4 is 23.6 Å². The van der Waals surface area contributed by atoms with Crippen LogP contribution in [0.4, 0.5) is 0 Å². The predicted octanol–water partition coefficient (Wildman–Crippen LogP) is -0.438. The summed E-state index contributed by atoms with van der Waals surface area (Å²) in [5, 5.41) is 17.9. The third-order valence-electron chi connectivity index (χ3n) is 11.4. The molecule has 4 amide bonds. The number of nitrogens with one attached hydrogen (secondary N) is 2. The quantitative estimate of drug-likeness (QED) is 0.371. The van der Waals surface area contributed by atoms with E-state index in [0.29, 0.717) is 84.2 Å². The fraction of sp³-hybridized carbons (Fsp3) is 0.879. The summed E-state index contributed by atoms with van der Waals surface area (Å²) in [6.45, 7) is 8.45. The van der Waals surface area contributed by atoms with E-state index in [1.165, 1.54) is 0 Å². The number of aliphatic hydroxyl groups is 1. The fourth-order valence-electron chi connectivity index (χ4n) is 8.52. The van der Waals surface area contributed by atoms with Crippen molar-refractivity contribution in [2.45, 2.75) is 101 Å². The molecule has 0 unspecified atom stereocenters. The van der Waals surface area contributed by atoms with Gasteiger partial charge in [-0.25, -0.2) is 0 Å². The molecular formula is C33H54N6O7. The number of nitrogens with zero attached hydrogens (tertiary/aromatic N) is 4. The fourth-order valence-corrected chi connectivity index (χ4v) is 8.52.